The van der Waals surface area contributed by atoms with Gasteiger partial charge in [0.25, 0.3) is 5.91 Å². The summed E-state index contributed by atoms with van der Waals surface area (Å²) in [6.45, 7) is 1.13. The topological polar surface area (TPSA) is 41.6 Å². The number of carbonyl (C=O) groups is 1. The summed E-state index contributed by atoms with van der Waals surface area (Å²) in [6.07, 6.45) is 3.39. The highest BCUT2D eigenvalue weighted by Gasteiger charge is 2.19. The minimum absolute atomic E-state index is 0.109. The van der Waals surface area contributed by atoms with Crippen molar-refractivity contribution in [1.29, 1.82) is 0 Å². The minimum Gasteiger partial charge on any atom is -0.457 e. The molecule has 0 spiro atoms. The van der Waals surface area contributed by atoms with Gasteiger partial charge in [0.05, 0.1) is 0 Å². The van der Waals surface area contributed by atoms with Crippen LogP contribution in [0, 0.1) is 5.92 Å². The Balaban J connectivity index is 1.38. The number of nitrogens with one attached hydrogen (secondary N) is 1. The average molecular weight is 401 g/mol. The molecule has 30 heavy (non-hydrogen) atoms. The largest absolute Gasteiger partial charge is 0.457 e. The standard InChI is InChI=1S/C26H28N2O2/c1-28(2)18-19-8-9-22-17-23(13-10-21(22)16-19)27-26(29)20-11-14-25(15-12-20)30-24-6-4-3-5-7-24/h3-7,10-15,17,19H,8-9,16,18H2,1-2H3,(H,27,29). The van der Waals surface area contributed by atoms with Gasteiger partial charge in [-0.25, -0.2) is 0 Å². The lowest BCUT2D eigenvalue weighted by Gasteiger charge is -2.27. The zero-order valence-corrected chi connectivity index (χ0v) is 17.6. The predicted molar refractivity (Wildman–Crippen MR) is 121 cm³/mol. The molecular weight excluding hydrogens is 372 g/mol. The highest BCUT2D eigenvalue weighted by molar-refractivity contribution is 6.04. The van der Waals surface area contributed by atoms with Crippen molar-refractivity contribution in [3.8, 4) is 11.5 Å². The molecule has 154 valence electrons. The van der Waals surface area contributed by atoms with E-state index < -0.39 is 0 Å². The van der Waals surface area contributed by atoms with Crippen LogP contribution in [0.4, 0.5) is 5.69 Å². The summed E-state index contributed by atoms with van der Waals surface area (Å²) in [7, 11) is 4.27. The number of hydrogen-bond donors (Lipinski definition) is 1. The molecule has 3 aromatic carbocycles. The molecule has 4 rings (SSSR count). The van der Waals surface area contributed by atoms with Gasteiger partial charge in [0.1, 0.15) is 11.5 Å². The molecule has 0 fully saturated rings. The molecule has 0 bridgehead atoms. The minimum atomic E-state index is -0.109. The van der Waals surface area contributed by atoms with Crippen LogP contribution in [0.3, 0.4) is 0 Å². The fourth-order valence-electron chi connectivity index (χ4n) is 4.08. The third-order valence-electron chi connectivity index (χ3n) is 5.51. The molecule has 1 aliphatic carbocycles. The van der Waals surface area contributed by atoms with E-state index in [4.69, 9.17) is 4.74 Å². The number of fused-ring (bicyclic) bond motifs is 1. The van der Waals surface area contributed by atoms with Crippen molar-refractivity contribution in [1.82, 2.24) is 4.90 Å². The molecule has 1 N–H and O–H groups in total. The van der Waals surface area contributed by atoms with Crippen LogP contribution in [-0.2, 0) is 12.8 Å². The van der Waals surface area contributed by atoms with Crippen LogP contribution in [0.25, 0.3) is 0 Å². The van der Waals surface area contributed by atoms with Crippen LogP contribution in [0.1, 0.15) is 27.9 Å². The van der Waals surface area contributed by atoms with Gasteiger partial charge in [-0.3, -0.25) is 4.79 Å². The Morgan fingerprint density at radius 1 is 0.967 bits per heavy atom. The molecule has 1 unspecified atom stereocenters. The van der Waals surface area contributed by atoms with E-state index in [1.807, 2.05) is 48.5 Å². The molecule has 0 aliphatic heterocycles. The number of hydrogen-bond acceptors (Lipinski definition) is 3. The lowest BCUT2D eigenvalue weighted by atomic mass is 9.83. The van der Waals surface area contributed by atoms with Gasteiger partial charge in [-0.2, -0.15) is 0 Å². The highest BCUT2D eigenvalue weighted by Crippen LogP contribution is 2.28. The summed E-state index contributed by atoms with van der Waals surface area (Å²) in [5.74, 6) is 2.09. The lowest BCUT2D eigenvalue weighted by molar-refractivity contribution is 0.102. The van der Waals surface area contributed by atoms with Crippen LogP contribution in [0.15, 0.2) is 72.8 Å². The number of benzene rings is 3. The molecule has 0 saturated carbocycles. The smallest absolute Gasteiger partial charge is 0.255 e. The maximum atomic E-state index is 12.7. The van der Waals surface area contributed by atoms with Gasteiger partial charge >= 0.3 is 0 Å². The number of anilines is 1. The van der Waals surface area contributed by atoms with Crippen LogP contribution in [-0.4, -0.2) is 31.4 Å². The Morgan fingerprint density at radius 2 is 1.70 bits per heavy atom. The van der Waals surface area contributed by atoms with E-state index in [2.05, 4.69) is 36.4 Å². The lowest BCUT2D eigenvalue weighted by Crippen LogP contribution is -2.26. The van der Waals surface area contributed by atoms with Gasteiger partial charge in [-0.05, 0) is 98.9 Å². The van der Waals surface area contributed by atoms with Crippen molar-refractivity contribution in [2.24, 2.45) is 5.92 Å². The fourth-order valence-corrected chi connectivity index (χ4v) is 4.08. The number of rotatable bonds is 6. The van der Waals surface area contributed by atoms with Crippen LogP contribution in [0.5, 0.6) is 11.5 Å². The Morgan fingerprint density at radius 3 is 2.43 bits per heavy atom. The second-order valence-corrected chi connectivity index (χ2v) is 8.25. The van der Waals surface area contributed by atoms with Gasteiger partial charge in [-0.1, -0.05) is 24.3 Å². The van der Waals surface area contributed by atoms with Gasteiger partial charge in [0.15, 0.2) is 0 Å². The van der Waals surface area contributed by atoms with E-state index in [0.717, 1.165) is 30.8 Å². The third kappa shape index (κ3) is 5.08. The van der Waals surface area contributed by atoms with Crippen molar-refractivity contribution >= 4 is 11.6 Å². The second-order valence-electron chi connectivity index (χ2n) is 8.25. The van der Waals surface area contributed by atoms with Crippen molar-refractivity contribution in [3.05, 3.63) is 89.5 Å². The zero-order chi connectivity index (χ0) is 20.9. The van der Waals surface area contributed by atoms with E-state index >= 15 is 0 Å². The number of amides is 1. The fraction of sp³-hybridized carbons (Fsp3) is 0.269. The molecular formula is C26H28N2O2. The van der Waals surface area contributed by atoms with E-state index in [0.29, 0.717) is 17.2 Å². The van der Waals surface area contributed by atoms with E-state index in [1.54, 1.807) is 12.1 Å². The maximum Gasteiger partial charge on any atom is 0.255 e. The Hall–Kier alpha value is -3.11. The summed E-state index contributed by atoms with van der Waals surface area (Å²) < 4.78 is 5.79. The molecule has 0 aromatic heterocycles. The predicted octanol–water partition coefficient (Wildman–Crippen LogP) is 5.40. The van der Waals surface area contributed by atoms with Gasteiger partial charge in [0, 0.05) is 17.8 Å². The Kier molecular flexibility index (Phi) is 6.15. The van der Waals surface area contributed by atoms with Gasteiger partial charge in [0.2, 0.25) is 0 Å². The average Bonchev–Trinajstić information content (AvgIpc) is 2.74. The number of para-hydroxylation sites is 1. The molecule has 1 atom stereocenters. The number of aryl methyl sites for hydroxylation is 1. The SMILES string of the molecule is CN(C)CC1CCc2cc(NC(=O)c3ccc(Oc4ccccc4)cc3)ccc2C1. The summed E-state index contributed by atoms with van der Waals surface area (Å²) in [5, 5.41) is 3.03. The summed E-state index contributed by atoms with van der Waals surface area (Å²) in [5.41, 5.74) is 4.23. The quantitative estimate of drug-likeness (QED) is 0.602. The van der Waals surface area contributed by atoms with Crippen molar-refractivity contribution in [3.63, 3.8) is 0 Å². The second kappa shape index (κ2) is 9.14. The first-order valence-electron chi connectivity index (χ1n) is 10.5. The van der Waals surface area contributed by atoms with E-state index in [1.165, 1.54) is 17.5 Å². The van der Waals surface area contributed by atoms with E-state index in [-0.39, 0.29) is 5.91 Å². The van der Waals surface area contributed by atoms with Crippen molar-refractivity contribution in [2.45, 2.75) is 19.3 Å². The first-order chi connectivity index (χ1) is 14.6. The monoisotopic (exact) mass is 400 g/mol. The summed E-state index contributed by atoms with van der Waals surface area (Å²) >= 11 is 0. The molecule has 4 heteroatoms. The first kappa shape index (κ1) is 20.2. The molecule has 4 nitrogen and oxygen atoms in total. The number of carbonyl (C=O) groups excluding carboxylic acids is 1. The van der Waals surface area contributed by atoms with Crippen molar-refractivity contribution in [2.75, 3.05) is 26.0 Å². The molecule has 1 amide bonds. The normalized spacial score (nSPS) is 15.5. The first-order valence-corrected chi connectivity index (χ1v) is 10.5. The van der Waals surface area contributed by atoms with Gasteiger partial charge < -0.3 is 15.0 Å². The maximum absolute atomic E-state index is 12.7. The molecule has 3 aromatic rings. The molecule has 1 aliphatic rings. The molecule has 0 saturated heterocycles. The summed E-state index contributed by atoms with van der Waals surface area (Å²) in [4.78, 5) is 14.9. The summed E-state index contributed by atoms with van der Waals surface area (Å²) in [6, 6.07) is 23.1. The Bertz CT molecular complexity index is 997. The Labute approximate surface area is 178 Å². The molecule has 0 radical (unpaired) electrons. The highest BCUT2D eigenvalue weighted by atomic mass is 16.5. The van der Waals surface area contributed by atoms with Crippen LogP contribution >= 0.6 is 0 Å². The number of nitrogens with zero attached hydrogens (tertiary/aromatic N) is 1. The van der Waals surface area contributed by atoms with Crippen LogP contribution in [0.2, 0.25) is 0 Å². The van der Waals surface area contributed by atoms with Crippen molar-refractivity contribution < 1.29 is 9.53 Å². The number of ether oxygens (including phenoxy) is 1. The van der Waals surface area contributed by atoms with Crippen LogP contribution < -0.4 is 10.1 Å². The third-order valence-corrected chi connectivity index (χ3v) is 5.51. The van der Waals surface area contributed by atoms with E-state index in [9.17, 15) is 4.79 Å². The molecule has 0 heterocycles. The zero-order valence-electron chi connectivity index (χ0n) is 17.6. The van der Waals surface area contributed by atoms with Gasteiger partial charge in [-0.15, -0.1) is 0 Å².